The Bertz CT molecular complexity index is 616. The molecule has 2 rings (SSSR count). The SMILES string of the molecule is Cc1nc(C)c(C(C)NC(=O)c2n[nH]c(C(C)C)n2)s1. The molecule has 7 heteroatoms. The van der Waals surface area contributed by atoms with Crippen LogP contribution in [0, 0.1) is 13.8 Å². The summed E-state index contributed by atoms with van der Waals surface area (Å²) >= 11 is 1.60. The van der Waals surface area contributed by atoms with E-state index in [0.717, 1.165) is 15.6 Å². The zero-order chi connectivity index (χ0) is 14.9. The topological polar surface area (TPSA) is 83.6 Å². The van der Waals surface area contributed by atoms with E-state index in [1.165, 1.54) is 0 Å². The Balaban J connectivity index is 2.08. The zero-order valence-corrected chi connectivity index (χ0v) is 13.1. The lowest BCUT2D eigenvalue weighted by atomic mass is 10.2. The molecule has 0 bridgehead atoms. The van der Waals surface area contributed by atoms with Crippen molar-refractivity contribution in [2.24, 2.45) is 0 Å². The first-order valence-electron chi connectivity index (χ1n) is 6.55. The quantitative estimate of drug-likeness (QED) is 0.907. The summed E-state index contributed by atoms with van der Waals surface area (Å²) in [5.41, 5.74) is 0.957. The van der Waals surface area contributed by atoms with Crippen LogP contribution in [0.3, 0.4) is 0 Å². The van der Waals surface area contributed by atoms with Gasteiger partial charge in [0, 0.05) is 10.8 Å². The molecule has 0 radical (unpaired) electrons. The van der Waals surface area contributed by atoms with Crippen molar-refractivity contribution in [1.82, 2.24) is 25.5 Å². The summed E-state index contributed by atoms with van der Waals surface area (Å²) in [6.07, 6.45) is 0. The number of thiazole rings is 1. The van der Waals surface area contributed by atoms with E-state index >= 15 is 0 Å². The van der Waals surface area contributed by atoms with Gasteiger partial charge in [-0.05, 0) is 20.8 Å². The van der Waals surface area contributed by atoms with Gasteiger partial charge in [-0.2, -0.15) is 0 Å². The van der Waals surface area contributed by atoms with Crippen molar-refractivity contribution in [2.75, 3.05) is 0 Å². The van der Waals surface area contributed by atoms with Gasteiger partial charge in [0.05, 0.1) is 16.7 Å². The number of aromatic nitrogens is 4. The van der Waals surface area contributed by atoms with Gasteiger partial charge < -0.3 is 5.32 Å². The summed E-state index contributed by atoms with van der Waals surface area (Å²) in [4.78, 5) is 21.7. The Morgan fingerprint density at radius 3 is 2.45 bits per heavy atom. The summed E-state index contributed by atoms with van der Waals surface area (Å²) < 4.78 is 0. The Hall–Kier alpha value is -1.76. The molecule has 1 amide bonds. The Labute approximate surface area is 122 Å². The minimum absolute atomic E-state index is 0.102. The van der Waals surface area contributed by atoms with Crippen LogP contribution in [-0.4, -0.2) is 26.1 Å². The molecule has 1 unspecified atom stereocenters. The zero-order valence-electron chi connectivity index (χ0n) is 12.3. The maximum absolute atomic E-state index is 12.1. The third kappa shape index (κ3) is 3.04. The number of rotatable bonds is 4. The van der Waals surface area contributed by atoms with Crippen molar-refractivity contribution in [3.63, 3.8) is 0 Å². The van der Waals surface area contributed by atoms with E-state index in [4.69, 9.17) is 0 Å². The van der Waals surface area contributed by atoms with Crippen LogP contribution in [0.1, 0.15) is 64.8 Å². The first kappa shape index (κ1) is 14.6. The molecular formula is C13H19N5OS. The molecule has 0 saturated heterocycles. The summed E-state index contributed by atoms with van der Waals surface area (Å²) in [6.45, 7) is 9.83. The molecular weight excluding hydrogens is 274 g/mol. The highest BCUT2D eigenvalue weighted by molar-refractivity contribution is 7.11. The number of carbonyl (C=O) groups is 1. The molecule has 2 aromatic rings. The molecule has 2 aromatic heterocycles. The van der Waals surface area contributed by atoms with Crippen molar-refractivity contribution < 1.29 is 4.79 Å². The van der Waals surface area contributed by atoms with Gasteiger partial charge in [-0.1, -0.05) is 13.8 Å². The maximum Gasteiger partial charge on any atom is 0.291 e. The number of nitrogens with zero attached hydrogens (tertiary/aromatic N) is 3. The molecule has 1 atom stereocenters. The predicted molar refractivity (Wildman–Crippen MR) is 77.9 cm³/mol. The van der Waals surface area contributed by atoms with Crippen LogP contribution in [0.2, 0.25) is 0 Å². The highest BCUT2D eigenvalue weighted by Crippen LogP contribution is 2.24. The predicted octanol–water partition coefficient (Wildman–Crippen LogP) is 2.49. The number of aryl methyl sites for hydroxylation is 2. The standard InChI is InChI=1S/C13H19N5OS/c1-6(2)11-16-12(18-17-11)13(19)15-8(4)10-7(3)14-9(5)20-10/h6,8H,1-5H3,(H,15,19)(H,16,17,18). The monoisotopic (exact) mass is 293 g/mol. The number of carbonyl (C=O) groups excluding carboxylic acids is 1. The van der Waals surface area contributed by atoms with E-state index < -0.39 is 0 Å². The van der Waals surface area contributed by atoms with Crippen LogP contribution in [-0.2, 0) is 0 Å². The average molecular weight is 293 g/mol. The van der Waals surface area contributed by atoms with Gasteiger partial charge in [-0.3, -0.25) is 9.89 Å². The van der Waals surface area contributed by atoms with Crippen molar-refractivity contribution >= 4 is 17.2 Å². The fraction of sp³-hybridized carbons (Fsp3) is 0.538. The van der Waals surface area contributed by atoms with Gasteiger partial charge in [0.1, 0.15) is 5.82 Å². The largest absolute Gasteiger partial charge is 0.342 e. The number of nitrogens with one attached hydrogen (secondary N) is 2. The minimum Gasteiger partial charge on any atom is -0.342 e. The van der Waals surface area contributed by atoms with Crippen molar-refractivity contribution in [2.45, 2.75) is 46.6 Å². The van der Waals surface area contributed by atoms with Crippen molar-refractivity contribution in [3.05, 3.63) is 27.2 Å². The summed E-state index contributed by atoms with van der Waals surface area (Å²) in [6, 6.07) is -0.102. The molecule has 0 aliphatic carbocycles. The second kappa shape index (κ2) is 5.70. The lowest BCUT2D eigenvalue weighted by Crippen LogP contribution is -2.27. The number of aromatic amines is 1. The van der Waals surface area contributed by atoms with Crippen LogP contribution >= 0.6 is 11.3 Å². The van der Waals surface area contributed by atoms with Gasteiger partial charge in [-0.15, -0.1) is 16.4 Å². The van der Waals surface area contributed by atoms with E-state index in [9.17, 15) is 4.79 Å². The molecule has 0 saturated carbocycles. The van der Waals surface area contributed by atoms with E-state index in [-0.39, 0.29) is 23.7 Å². The first-order chi connectivity index (χ1) is 9.38. The van der Waals surface area contributed by atoms with Crippen molar-refractivity contribution in [1.29, 1.82) is 0 Å². The third-order valence-electron chi connectivity index (χ3n) is 2.93. The smallest absolute Gasteiger partial charge is 0.291 e. The Kier molecular flexibility index (Phi) is 4.17. The van der Waals surface area contributed by atoms with Crippen LogP contribution in [0.15, 0.2) is 0 Å². The van der Waals surface area contributed by atoms with Crippen LogP contribution in [0.5, 0.6) is 0 Å². The number of H-pyrrole nitrogens is 1. The minimum atomic E-state index is -0.272. The second-order valence-electron chi connectivity index (χ2n) is 5.08. The van der Waals surface area contributed by atoms with Crippen LogP contribution in [0.25, 0.3) is 0 Å². The Morgan fingerprint density at radius 2 is 1.95 bits per heavy atom. The van der Waals surface area contributed by atoms with Gasteiger partial charge in [0.15, 0.2) is 0 Å². The molecule has 0 aromatic carbocycles. The number of amides is 1. The molecule has 2 N–H and O–H groups in total. The fourth-order valence-corrected chi connectivity index (χ4v) is 2.84. The highest BCUT2D eigenvalue weighted by atomic mass is 32.1. The second-order valence-corrected chi connectivity index (χ2v) is 6.31. The molecule has 20 heavy (non-hydrogen) atoms. The van der Waals surface area contributed by atoms with Gasteiger partial charge in [0.25, 0.3) is 5.91 Å². The van der Waals surface area contributed by atoms with E-state index in [1.54, 1.807) is 11.3 Å². The average Bonchev–Trinajstić information content (AvgIpc) is 2.95. The van der Waals surface area contributed by atoms with Crippen molar-refractivity contribution in [3.8, 4) is 0 Å². The first-order valence-corrected chi connectivity index (χ1v) is 7.37. The Morgan fingerprint density at radius 1 is 1.25 bits per heavy atom. The van der Waals surface area contributed by atoms with Gasteiger partial charge in [0.2, 0.25) is 5.82 Å². The van der Waals surface area contributed by atoms with Gasteiger partial charge >= 0.3 is 0 Å². The lowest BCUT2D eigenvalue weighted by Gasteiger charge is -2.11. The maximum atomic E-state index is 12.1. The molecule has 0 fully saturated rings. The van der Waals surface area contributed by atoms with E-state index in [2.05, 4.69) is 25.5 Å². The summed E-state index contributed by atoms with van der Waals surface area (Å²) in [5, 5.41) is 10.6. The molecule has 6 nitrogen and oxygen atoms in total. The van der Waals surface area contributed by atoms with Crippen LogP contribution in [0.4, 0.5) is 0 Å². The lowest BCUT2D eigenvalue weighted by molar-refractivity contribution is 0.0930. The molecule has 0 spiro atoms. The fourth-order valence-electron chi connectivity index (χ4n) is 1.91. The summed E-state index contributed by atoms with van der Waals surface area (Å²) in [7, 11) is 0. The van der Waals surface area contributed by atoms with E-state index in [1.807, 2.05) is 34.6 Å². The molecule has 0 aliphatic heterocycles. The number of hydrogen-bond acceptors (Lipinski definition) is 5. The van der Waals surface area contributed by atoms with Gasteiger partial charge in [-0.25, -0.2) is 9.97 Å². The van der Waals surface area contributed by atoms with E-state index in [0.29, 0.717) is 5.82 Å². The normalized spacial score (nSPS) is 12.7. The third-order valence-corrected chi connectivity index (χ3v) is 4.19. The summed E-state index contributed by atoms with van der Waals surface area (Å²) in [5.74, 6) is 0.839. The molecule has 0 aliphatic rings. The molecule has 108 valence electrons. The molecule has 2 heterocycles. The highest BCUT2D eigenvalue weighted by Gasteiger charge is 2.19. The van der Waals surface area contributed by atoms with Crippen LogP contribution < -0.4 is 5.32 Å². The number of hydrogen-bond donors (Lipinski definition) is 2.